The van der Waals surface area contributed by atoms with E-state index in [0.29, 0.717) is 12.0 Å². The Hall–Kier alpha value is -3.28. The number of carbonyl (C=O) groups is 1. The third kappa shape index (κ3) is 4.52. The average Bonchev–Trinajstić information content (AvgIpc) is 2.69. The third-order valence-electron chi connectivity index (χ3n) is 4.52. The second kappa shape index (κ2) is 8.61. The first-order chi connectivity index (χ1) is 13.5. The summed E-state index contributed by atoms with van der Waals surface area (Å²) in [5, 5.41) is 3.05. The van der Waals surface area contributed by atoms with Gasteiger partial charge in [-0.15, -0.1) is 0 Å². The van der Waals surface area contributed by atoms with E-state index >= 15 is 0 Å². The Morgan fingerprint density at radius 3 is 2.43 bits per heavy atom. The predicted octanol–water partition coefficient (Wildman–Crippen LogP) is 3.27. The van der Waals surface area contributed by atoms with Crippen LogP contribution in [0.25, 0.3) is 11.3 Å². The number of hydrogen-bond acceptors (Lipinski definition) is 5. The molecule has 0 saturated carbocycles. The minimum absolute atomic E-state index is 0.0129. The molecule has 2 heterocycles. The SMILES string of the molecule is Cc1cccnc1C[C@H](C)NC(=O)c1ccc(-c2nccnc2N(C)C)cc1. The molecule has 0 aliphatic heterocycles. The maximum Gasteiger partial charge on any atom is 0.251 e. The first-order valence-electron chi connectivity index (χ1n) is 9.26. The van der Waals surface area contributed by atoms with Crippen LogP contribution in [0, 0.1) is 6.92 Å². The summed E-state index contributed by atoms with van der Waals surface area (Å²) in [6, 6.07) is 11.4. The molecule has 6 nitrogen and oxygen atoms in total. The first kappa shape index (κ1) is 19.5. The van der Waals surface area contributed by atoms with Crippen molar-refractivity contribution in [1.82, 2.24) is 20.3 Å². The average molecular weight is 375 g/mol. The van der Waals surface area contributed by atoms with Gasteiger partial charge >= 0.3 is 0 Å². The second-order valence-electron chi connectivity index (χ2n) is 7.05. The summed E-state index contributed by atoms with van der Waals surface area (Å²) in [6.45, 7) is 4.02. The standard InChI is InChI=1S/C22H25N5O/c1-15-6-5-11-23-19(15)14-16(2)26-22(28)18-9-7-17(8-10-18)20-21(27(3)4)25-13-12-24-20/h5-13,16H,14H2,1-4H3,(H,26,28)/t16-/m0/s1. The summed E-state index contributed by atoms with van der Waals surface area (Å²) in [4.78, 5) is 27.7. The highest BCUT2D eigenvalue weighted by Gasteiger charge is 2.14. The maximum atomic E-state index is 12.6. The predicted molar refractivity (Wildman–Crippen MR) is 111 cm³/mol. The van der Waals surface area contributed by atoms with Gasteiger partial charge in [-0.3, -0.25) is 14.8 Å². The van der Waals surface area contributed by atoms with Crippen LogP contribution in [0.5, 0.6) is 0 Å². The summed E-state index contributed by atoms with van der Waals surface area (Å²) in [5.74, 6) is 0.693. The molecule has 1 amide bonds. The minimum atomic E-state index is -0.0976. The van der Waals surface area contributed by atoms with Crippen LogP contribution >= 0.6 is 0 Å². The number of nitrogens with zero attached hydrogens (tertiary/aromatic N) is 4. The Morgan fingerprint density at radius 1 is 1.04 bits per heavy atom. The van der Waals surface area contributed by atoms with Crippen LogP contribution in [0.2, 0.25) is 0 Å². The molecule has 0 spiro atoms. The molecule has 2 aromatic heterocycles. The number of hydrogen-bond donors (Lipinski definition) is 1. The van der Waals surface area contributed by atoms with Crippen LogP contribution in [0.15, 0.2) is 55.0 Å². The zero-order valence-electron chi connectivity index (χ0n) is 16.7. The number of pyridine rings is 1. The van der Waals surface area contributed by atoms with Gasteiger partial charge in [0, 0.05) is 62.0 Å². The minimum Gasteiger partial charge on any atom is -0.361 e. The number of carbonyl (C=O) groups excluding carboxylic acids is 1. The Bertz CT molecular complexity index is 953. The normalized spacial score (nSPS) is 11.7. The summed E-state index contributed by atoms with van der Waals surface area (Å²) in [7, 11) is 3.86. The first-order valence-corrected chi connectivity index (χ1v) is 9.26. The molecule has 1 atom stereocenters. The van der Waals surface area contributed by atoms with Crippen molar-refractivity contribution in [2.24, 2.45) is 0 Å². The van der Waals surface area contributed by atoms with Crippen LogP contribution in [0.1, 0.15) is 28.5 Å². The van der Waals surface area contributed by atoms with Crippen molar-refractivity contribution in [3.8, 4) is 11.3 Å². The number of anilines is 1. The molecule has 1 aromatic carbocycles. The number of benzene rings is 1. The Balaban J connectivity index is 1.70. The van der Waals surface area contributed by atoms with Crippen LogP contribution in [-0.2, 0) is 6.42 Å². The number of amides is 1. The van der Waals surface area contributed by atoms with E-state index in [1.165, 1.54) is 0 Å². The van der Waals surface area contributed by atoms with Gasteiger partial charge in [0.25, 0.3) is 5.91 Å². The quantitative estimate of drug-likeness (QED) is 0.716. The van der Waals surface area contributed by atoms with Gasteiger partial charge in [-0.25, -0.2) is 4.98 Å². The molecule has 0 aliphatic rings. The summed E-state index contributed by atoms with van der Waals surface area (Å²) >= 11 is 0. The van der Waals surface area contributed by atoms with E-state index in [9.17, 15) is 4.79 Å². The highest BCUT2D eigenvalue weighted by Crippen LogP contribution is 2.25. The maximum absolute atomic E-state index is 12.6. The van der Waals surface area contributed by atoms with Crippen LogP contribution in [-0.4, -0.2) is 41.0 Å². The van der Waals surface area contributed by atoms with E-state index in [1.807, 2.05) is 69.2 Å². The van der Waals surface area contributed by atoms with Gasteiger partial charge in [0.15, 0.2) is 5.82 Å². The molecule has 0 fully saturated rings. The molecule has 0 radical (unpaired) electrons. The van der Waals surface area contributed by atoms with Gasteiger partial charge in [-0.05, 0) is 37.6 Å². The van der Waals surface area contributed by atoms with E-state index in [0.717, 1.165) is 28.3 Å². The fourth-order valence-electron chi connectivity index (χ4n) is 3.02. The lowest BCUT2D eigenvalue weighted by Gasteiger charge is -2.16. The molecular formula is C22H25N5O. The van der Waals surface area contributed by atoms with Gasteiger partial charge in [0.1, 0.15) is 5.69 Å². The van der Waals surface area contributed by atoms with E-state index in [4.69, 9.17) is 0 Å². The molecule has 3 rings (SSSR count). The second-order valence-corrected chi connectivity index (χ2v) is 7.05. The van der Waals surface area contributed by atoms with Crippen LogP contribution in [0.3, 0.4) is 0 Å². The Morgan fingerprint density at radius 2 is 1.75 bits per heavy atom. The van der Waals surface area contributed by atoms with E-state index in [-0.39, 0.29) is 11.9 Å². The van der Waals surface area contributed by atoms with E-state index < -0.39 is 0 Å². The van der Waals surface area contributed by atoms with Gasteiger partial charge < -0.3 is 10.2 Å². The van der Waals surface area contributed by atoms with Gasteiger partial charge in [0.2, 0.25) is 0 Å². The van der Waals surface area contributed by atoms with Gasteiger partial charge in [-0.1, -0.05) is 18.2 Å². The zero-order chi connectivity index (χ0) is 20.1. The number of rotatable bonds is 6. The fourth-order valence-corrected chi connectivity index (χ4v) is 3.02. The van der Waals surface area contributed by atoms with Gasteiger partial charge in [-0.2, -0.15) is 0 Å². The third-order valence-corrected chi connectivity index (χ3v) is 4.52. The van der Waals surface area contributed by atoms with Crippen molar-refractivity contribution in [3.63, 3.8) is 0 Å². The summed E-state index contributed by atoms with van der Waals surface area (Å²) in [5.41, 5.74) is 4.46. The number of aromatic nitrogens is 3. The van der Waals surface area contributed by atoms with E-state index in [1.54, 1.807) is 18.6 Å². The molecule has 6 heteroatoms. The molecular weight excluding hydrogens is 350 g/mol. The molecule has 144 valence electrons. The van der Waals surface area contributed by atoms with Crippen LogP contribution in [0.4, 0.5) is 5.82 Å². The van der Waals surface area contributed by atoms with E-state index in [2.05, 4.69) is 20.3 Å². The fraction of sp³-hybridized carbons (Fsp3) is 0.273. The van der Waals surface area contributed by atoms with Crippen LogP contribution < -0.4 is 10.2 Å². The summed E-state index contributed by atoms with van der Waals surface area (Å²) in [6.07, 6.45) is 5.82. The molecule has 1 N–H and O–H groups in total. The molecule has 28 heavy (non-hydrogen) atoms. The lowest BCUT2D eigenvalue weighted by atomic mass is 10.1. The van der Waals surface area contributed by atoms with Crippen molar-refractivity contribution in [2.75, 3.05) is 19.0 Å². The van der Waals surface area contributed by atoms with Gasteiger partial charge in [0.05, 0.1) is 0 Å². The monoisotopic (exact) mass is 375 g/mol. The molecule has 3 aromatic rings. The highest BCUT2D eigenvalue weighted by molar-refractivity contribution is 5.95. The molecule has 0 unspecified atom stereocenters. The lowest BCUT2D eigenvalue weighted by Crippen LogP contribution is -2.34. The van der Waals surface area contributed by atoms with Crippen molar-refractivity contribution in [3.05, 3.63) is 71.8 Å². The highest BCUT2D eigenvalue weighted by atomic mass is 16.1. The molecule has 0 aliphatic carbocycles. The van der Waals surface area contributed by atoms with Crippen molar-refractivity contribution in [2.45, 2.75) is 26.3 Å². The Labute approximate surface area is 165 Å². The summed E-state index contributed by atoms with van der Waals surface area (Å²) < 4.78 is 0. The Kier molecular flexibility index (Phi) is 5.99. The van der Waals surface area contributed by atoms with Crippen molar-refractivity contribution < 1.29 is 4.79 Å². The van der Waals surface area contributed by atoms with Crippen molar-refractivity contribution >= 4 is 11.7 Å². The smallest absolute Gasteiger partial charge is 0.251 e. The molecule has 0 bridgehead atoms. The number of nitrogens with one attached hydrogen (secondary N) is 1. The molecule has 0 saturated heterocycles. The zero-order valence-corrected chi connectivity index (χ0v) is 16.7. The lowest BCUT2D eigenvalue weighted by molar-refractivity contribution is 0.0940. The topological polar surface area (TPSA) is 71.0 Å². The number of aryl methyl sites for hydroxylation is 1. The van der Waals surface area contributed by atoms with Crippen molar-refractivity contribution in [1.29, 1.82) is 0 Å². The largest absolute Gasteiger partial charge is 0.361 e.